The molecule has 5 heteroatoms. The minimum absolute atomic E-state index is 0.00489. The Morgan fingerprint density at radius 1 is 1.38 bits per heavy atom. The van der Waals surface area contributed by atoms with E-state index in [1.165, 1.54) is 0 Å². The topological polar surface area (TPSA) is 70.5 Å². The molecule has 0 spiro atoms. The quantitative estimate of drug-likeness (QED) is 0.939. The molecular formula is C16H20N2O3. The summed E-state index contributed by atoms with van der Waals surface area (Å²) >= 11 is 0. The number of aromatic nitrogens is 1. The smallest absolute Gasteiger partial charge is 0.174 e. The predicted octanol–water partition coefficient (Wildman–Crippen LogP) is 3.12. The molecular weight excluding hydrogens is 268 g/mol. The highest BCUT2D eigenvalue weighted by Crippen LogP contribution is 2.40. The SMILES string of the molecule is Cc1cc(COc2ccc3c(c2)OC(C)(C)CC3N)on1. The normalized spacial score (nSPS) is 19.7. The van der Waals surface area contributed by atoms with Crippen molar-refractivity contribution in [2.75, 3.05) is 0 Å². The lowest BCUT2D eigenvalue weighted by Crippen LogP contribution is -2.37. The third kappa shape index (κ3) is 3.03. The second kappa shape index (κ2) is 5.07. The second-order valence-electron chi connectivity index (χ2n) is 6.10. The van der Waals surface area contributed by atoms with Gasteiger partial charge in [0.2, 0.25) is 0 Å². The Balaban J connectivity index is 1.76. The largest absolute Gasteiger partial charge is 0.487 e. The van der Waals surface area contributed by atoms with E-state index in [-0.39, 0.29) is 11.6 Å². The third-order valence-electron chi connectivity index (χ3n) is 3.54. The molecule has 0 radical (unpaired) electrons. The average molecular weight is 288 g/mol. The average Bonchev–Trinajstić information content (AvgIpc) is 2.80. The molecule has 0 saturated carbocycles. The lowest BCUT2D eigenvalue weighted by atomic mass is 9.90. The second-order valence-corrected chi connectivity index (χ2v) is 6.10. The van der Waals surface area contributed by atoms with Gasteiger partial charge < -0.3 is 19.7 Å². The van der Waals surface area contributed by atoms with Crippen LogP contribution in [0.5, 0.6) is 11.5 Å². The number of nitrogens with two attached hydrogens (primary N) is 1. The number of benzene rings is 1. The summed E-state index contributed by atoms with van der Waals surface area (Å²) in [5.74, 6) is 2.22. The highest BCUT2D eigenvalue weighted by Gasteiger charge is 2.31. The Labute approximate surface area is 124 Å². The Hall–Kier alpha value is -2.01. The Bertz CT molecular complexity index is 649. The van der Waals surface area contributed by atoms with Crippen molar-refractivity contribution in [1.82, 2.24) is 5.16 Å². The number of fused-ring (bicyclic) bond motifs is 1. The van der Waals surface area contributed by atoms with Crippen molar-refractivity contribution in [3.63, 3.8) is 0 Å². The standard InChI is InChI=1S/C16H20N2O3/c1-10-6-12(21-18-10)9-19-11-4-5-13-14(17)8-16(2,3)20-15(13)7-11/h4-7,14H,8-9,17H2,1-3H3. The zero-order chi connectivity index (χ0) is 15.0. The molecule has 2 aromatic rings. The lowest BCUT2D eigenvalue weighted by Gasteiger charge is -2.36. The minimum Gasteiger partial charge on any atom is -0.487 e. The van der Waals surface area contributed by atoms with E-state index in [9.17, 15) is 0 Å². The molecule has 1 aromatic carbocycles. The van der Waals surface area contributed by atoms with Gasteiger partial charge in [-0.05, 0) is 26.8 Å². The van der Waals surface area contributed by atoms with Crippen LogP contribution in [0.4, 0.5) is 0 Å². The van der Waals surface area contributed by atoms with E-state index < -0.39 is 0 Å². The molecule has 1 aliphatic heterocycles. The molecule has 2 N–H and O–H groups in total. The van der Waals surface area contributed by atoms with Gasteiger partial charge >= 0.3 is 0 Å². The fourth-order valence-corrected chi connectivity index (χ4v) is 2.62. The molecule has 1 aromatic heterocycles. The Kier molecular flexibility index (Phi) is 3.37. The van der Waals surface area contributed by atoms with Crippen LogP contribution < -0.4 is 15.2 Å². The first kappa shape index (κ1) is 13.9. The van der Waals surface area contributed by atoms with Gasteiger partial charge in [0, 0.05) is 30.2 Å². The van der Waals surface area contributed by atoms with E-state index in [4.69, 9.17) is 19.7 Å². The maximum atomic E-state index is 6.20. The lowest BCUT2D eigenvalue weighted by molar-refractivity contribution is 0.0723. The van der Waals surface area contributed by atoms with Crippen LogP contribution in [0.3, 0.4) is 0 Å². The fraction of sp³-hybridized carbons (Fsp3) is 0.438. The molecule has 2 heterocycles. The van der Waals surface area contributed by atoms with Crippen LogP contribution in [0.25, 0.3) is 0 Å². The first-order valence-corrected chi connectivity index (χ1v) is 7.06. The minimum atomic E-state index is -0.257. The van der Waals surface area contributed by atoms with Crippen LogP contribution in [-0.2, 0) is 6.61 Å². The highest BCUT2D eigenvalue weighted by atomic mass is 16.5. The van der Waals surface area contributed by atoms with Crippen molar-refractivity contribution in [2.45, 2.75) is 45.4 Å². The molecule has 0 bridgehead atoms. The van der Waals surface area contributed by atoms with Crippen molar-refractivity contribution >= 4 is 0 Å². The van der Waals surface area contributed by atoms with Crippen molar-refractivity contribution < 1.29 is 14.0 Å². The molecule has 1 atom stereocenters. The van der Waals surface area contributed by atoms with Crippen molar-refractivity contribution in [2.24, 2.45) is 5.73 Å². The molecule has 1 unspecified atom stereocenters. The summed E-state index contributed by atoms with van der Waals surface area (Å²) in [6.07, 6.45) is 0.803. The zero-order valence-corrected chi connectivity index (χ0v) is 12.6. The number of nitrogens with zero attached hydrogens (tertiary/aromatic N) is 1. The summed E-state index contributed by atoms with van der Waals surface area (Å²) in [6, 6.07) is 7.61. The maximum absolute atomic E-state index is 6.20. The molecule has 21 heavy (non-hydrogen) atoms. The summed E-state index contributed by atoms with van der Waals surface area (Å²) in [5.41, 5.74) is 7.81. The molecule has 3 rings (SSSR count). The summed E-state index contributed by atoms with van der Waals surface area (Å²) in [7, 11) is 0. The first-order chi connectivity index (χ1) is 9.93. The maximum Gasteiger partial charge on any atom is 0.174 e. The molecule has 1 aliphatic rings. The van der Waals surface area contributed by atoms with Crippen molar-refractivity contribution in [3.8, 4) is 11.5 Å². The molecule has 0 fully saturated rings. The van der Waals surface area contributed by atoms with Crippen LogP contribution in [0.1, 0.15) is 43.3 Å². The molecule has 0 aliphatic carbocycles. The van der Waals surface area contributed by atoms with E-state index in [1.54, 1.807) is 0 Å². The summed E-state index contributed by atoms with van der Waals surface area (Å²) < 4.78 is 16.8. The highest BCUT2D eigenvalue weighted by molar-refractivity contribution is 5.44. The van der Waals surface area contributed by atoms with Gasteiger partial charge in [-0.25, -0.2) is 0 Å². The summed E-state index contributed by atoms with van der Waals surface area (Å²) in [5, 5.41) is 3.83. The molecule has 0 saturated heterocycles. The Morgan fingerprint density at radius 3 is 2.90 bits per heavy atom. The fourth-order valence-electron chi connectivity index (χ4n) is 2.62. The number of aryl methyl sites for hydroxylation is 1. The van der Waals surface area contributed by atoms with Gasteiger partial charge in [-0.2, -0.15) is 0 Å². The van der Waals surface area contributed by atoms with E-state index in [0.29, 0.717) is 12.4 Å². The first-order valence-electron chi connectivity index (χ1n) is 7.06. The van der Waals surface area contributed by atoms with E-state index in [1.807, 2.05) is 45.0 Å². The van der Waals surface area contributed by atoms with E-state index in [0.717, 1.165) is 29.2 Å². The van der Waals surface area contributed by atoms with Gasteiger partial charge in [0.05, 0.1) is 5.69 Å². The van der Waals surface area contributed by atoms with Crippen LogP contribution in [0.2, 0.25) is 0 Å². The van der Waals surface area contributed by atoms with E-state index in [2.05, 4.69) is 5.16 Å². The van der Waals surface area contributed by atoms with Gasteiger partial charge in [0.1, 0.15) is 23.7 Å². The number of ether oxygens (including phenoxy) is 2. The summed E-state index contributed by atoms with van der Waals surface area (Å²) in [4.78, 5) is 0. The predicted molar refractivity (Wildman–Crippen MR) is 78.3 cm³/mol. The van der Waals surface area contributed by atoms with Crippen LogP contribution in [0.15, 0.2) is 28.8 Å². The Morgan fingerprint density at radius 2 is 2.19 bits per heavy atom. The monoisotopic (exact) mass is 288 g/mol. The van der Waals surface area contributed by atoms with Crippen molar-refractivity contribution in [3.05, 3.63) is 41.3 Å². The van der Waals surface area contributed by atoms with Gasteiger partial charge in [-0.3, -0.25) is 0 Å². The van der Waals surface area contributed by atoms with Gasteiger partial charge in [0.15, 0.2) is 5.76 Å². The van der Waals surface area contributed by atoms with Crippen LogP contribution >= 0.6 is 0 Å². The molecule has 112 valence electrons. The van der Waals surface area contributed by atoms with E-state index >= 15 is 0 Å². The van der Waals surface area contributed by atoms with Crippen LogP contribution in [0, 0.1) is 6.92 Å². The zero-order valence-electron chi connectivity index (χ0n) is 12.6. The third-order valence-corrected chi connectivity index (χ3v) is 3.54. The number of hydrogen-bond donors (Lipinski definition) is 1. The summed E-state index contributed by atoms with van der Waals surface area (Å²) in [6.45, 7) is 6.31. The van der Waals surface area contributed by atoms with Gasteiger partial charge in [-0.1, -0.05) is 11.2 Å². The van der Waals surface area contributed by atoms with Gasteiger partial charge in [0.25, 0.3) is 0 Å². The number of rotatable bonds is 3. The van der Waals surface area contributed by atoms with Crippen LogP contribution in [-0.4, -0.2) is 10.8 Å². The molecule has 5 nitrogen and oxygen atoms in total. The van der Waals surface area contributed by atoms with Crippen molar-refractivity contribution in [1.29, 1.82) is 0 Å². The number of hydrogen-bond acceptors (Lipinski definition) is 5. The van der Waals surface area contributed by atoms with Gasteiger partial charge in [-0.15, -0.1) is 0 Å². The molecule has 0 amide bonds.